The number of carbonyl (C=O) groups excluding carboxylic acids is 1. The van der Waals surface area contributed by atoms with Crippen LogP contribution in [0.2, 0.25) is 0 Å². The number of likely N-dealkylation sites (tertiary alicyclic amines) is 1. The van der Waals surface area contributed by atoms with Crippen molar-refractivity contribution in [2.45, 2.75) is 45.6 Å². The van der Waals surface area contributed by atoms with E-state index in [-0.39, 0.29) is 38.1 Å². The number of rotatable bonds is 13. The maximum atomic E-state index is 13.8. The minimum absolute atomic E-state index is 0.00180. The van der Waals surface area contributed by atoms with Crippen LogP contribution in [0.5, 0.6) is 23.0 Å². The number of hydrogen-bond acceptors (Lipinski definition) is 9. The zero-order chi connectivity index (χ0) is 33.9. The Morgan fingerprint density at radius 2 is 1.70 bits per heavy atom. The van der Waals surface area contributed by atoms with E-state index in [9.17, 15) is 23.1 Å². The highest BCUT2D eigenvalue weighted by atomic mass is 32.2. The fraction of sp³-hybridized carbons (Fsp3) is 0.429. The van der Waals surface area contributed by atoms with Gasteiger partial charge in [0.05, 0.1) is 25.3 Å². The fourth-order valence-electron chi connectivity index (χ4n) is 6.59. The number of carboxylic acids is 1. The lowest BCUT2D eigenvalue weighted by Gasteiger charge is -2.27. The third kappa shape index (κ3) is 7.65. The Morgan fingerprint density at radius 3 is 2.30 bits per heavy atom. The molecule has 2 aliphatic rings. The third-order valence-corrected chi connectivity index (χ3v) is 9.66. The number of sulfone groups is 1. The largest absolute Gasteiger partial charge is 0.493 e. The maximum absolute atomic E-state index is 13.8. The van der Waals surface area contributed by atoms with Crippen molar-refractivity contribution in [3.05, 3.63) is 76.3 Å². The van der Waals surface area contributed by atoms with Gasteiger partial charge in [0.25, 0.3) is 0 Å². The van der Waals surface area contributed by atoms with Crippen molar-refractivity contribution >= 4 is 27.4 Å². The molecule has 3 atom stereocenters. The van der Waals surface area contributed by atoms with Crippen LogP contribution in [0.4, 0.5) is 5.69 Å². The quantitative estimate of drug-likeness (QED) is 0.262. The van der Waals surface area contributed by atoms with Gasteiger partial charge in [-0.3, -0.25) is 14.5 Å². The summed E-state index contributed by atoms with van der Waals surface area (Å²) in [5.41, 5.74) is 5.43. The number of aliphatic carboxylic acids is 1. The second-order valence-electron chi connectivity index (χ2n) is 12.1. The molecule has 47 heavy (non-hydrogen) atoms. The van der Waals surface area contributed by atoms with Crippen LogP contribution in [-0.2, 0) is 32.3 Å². The van der Waals surface area contributed by atoms with Gasteiger partial charge in [-0.05, 0) is 66.3 Å². The summed E-state index contributed by atoms with van der Waals surface area (Å²) in [5.74, 6) is -0.962. The SMILES string of the molecule is CCc1cc(C)cc(CC)c1NC(=O)CN1C[C@H](c2cc(OC)c3c(c2)OCO3)C(C(=O)O)[C@@H]1c1ccc(OCCS(C)(=O)=O)cc1. The molecule has 252 valence electrons. The van der Waals surface area contributed by atoms with Crippen LogP contribution in [0.1, 0.15) is 53.6 Å². The van der Waals surface area contributed by atoms with Crippen molar-refractivity contribution < 1.29 is 42.1 Å². The molecule has 0 bridgehead atoms. The van der Waals surface area contributed by atoms with Gasteiger partial charge in [-0.25, -0.2) is 8.42 Å². The van der Waals surface area contributed by atoms with Crippen molar-refractivity contribution in [2.24, 2.45) is 5.92 Å². The van der Waals surface area contributed by atoms with E-state index in [4.69, 9.17) is 18.9 Å². The standard InChI is InChI=1S/C35H42N2O9S/c1-6-22-14-21(3)15-23(7-2)32(22)36-30(38)19-37-18-27(25-16-28(43-4)34-29(17-25)45-20-46-34)31(35(39)40)33(37)24-8-10-26(11-9-24)44-12-13-47(5,41)42/h8-11,14-17,27,31,33H,6-7,12-13,18-20H2,1-5H3,(H,36,38)(H,39,40)/t27-,31?,33+/m1/s1. The number of carboxylic acid groups (broad SMARTS) is 1. The topological polar surface area (TPSA) is 141 Å². The van der Waals surface area contributed by atoms with E-state index in [0.717, 1.165) is 41.5 Å². The van der Waals surface area contributed by atoms with Gasteiger partial charge < -0.3 is 29.4 Å². The van der Waals surface area contributed by atoms with E-state index in [0.29, 0.717) is 34.1 Å². The van der Waals surface area contributed by atoms with Crippen LogP contribution >= 0.6 is 0 Å². The summed E-state index contributed by atoms with van der Waals surface area (Å²) in [4.78, 5) is 28.8. The molecule has 1 saturated heterocycles. The number of ether oxygens (including phenoxy) is 4. The van der Waals surface area contributed by atoms with Crippen molar-refractivity contribution in [2.75, 3.05) is 50.9 Å². The molecule has 3 aromatic carbocycles. The Bertz CT molecular complexity index is 1720. The van der Waals surface area contributed by atoms with Crippen LogP contribution in [0, 0.1) is 12.8 Å². The van der Waals surface area contributed by atoms with Crippen molar-refractivity contribution in [1.29, 1.82) is 0 Å². The number of methoxy groups -OCH3 is 1. The summed E-state index contributed by atoms with van der Waals surface area (Å²) < 4.78 is 45.5. The Hall–Kier alpha value is -4.29. The molecule has 0 spiro atoms. The van der Waals surface area contributed by atoms with Gasteiger partial charge in [-0.15, -0.1) is 0 Å². The molecular formula is C35H42N2O9S. The Balaban J connectivity index is 1.49. The van der Waals surface area contributed by atoms with Gasteiger partial charge in [-0.1, -0.05) is 43.7 Å². The normalized spacial score (nSPS) is 19.0. The number of hydrogen-bond donors (Lipinski definition) is 2. The predicted octanol–water partition coefficient (Wildman–Crippen LogP) is 4.76. The minimum atomic E-state index is -3.19. The number of carbonyl (C=O) groups is 2. The molecule has 3 aromatic rings. The molecule has 2 N–H and O–H groups in total. The highest BCUT2D eigenvalue weighted by molar-refractivity contribution is 7.90. The molecule has 1 amide bonds. The van der Waals surface area contributed by atoms with Gasteiger partial charge >= 0.3 is 5.97 Å². The van der Waals surface area contributed by atoms with E-state index < -0.39 is 33.7 Å². The van der Waals surface area contributed by atoms with Gasteiger partial charge in [0.15, 0.2) is 21.3 Å². The molecule has 2 heterocycles. The van der Waals surface area contributed by atoms with E-state index in [2.05, 4.69) is 31.3 Å². The number of fused-ring (bicyclic) bond motifs is 1. The molecule has 0 saturated carbocycles. The zero-order valence-corrected chi connectivity index (χ0v) is 28.2. The van der Waals surface area contributed by atoms with E-state index >= 15 is 0 Å². The second-order valence-corrected chi connectivity index (χ2v) is 14.3. The first kappa shape index (κ1) is 34.1. The van der Waals surface area contributed by atoms with E-state index in [1.54, 1.807) is 36.4 Å². The zero-order valence-electron chi connectivity index (χ0n) is 27.4. The molecule has 5 rings (SSSR count). The molecule has 0 aliphatic carbocycles. The molecule has 1 unspecified atom stereocenters. The summed E-state index contributed by atoms with van der Waals surface area (Å²) in [6.45, 7) is 6.41. The average Bonchev–Trinajstić information content (AvgIpc) is 3.66. The van der Waals surface area contributed by atoms with Crippen molar-refractivity contribution in [1.82, 2.24) is 4.90 Å². The van der Waals surface area contributed by atoms with Crippen molar-refractivity contribution in [3.63, 3.8) is 0 Å². The molecular weight excluding hydrogens is 624 g/mol. The van der Waals surface area contributed by atoms with Crippen LogP contribution in [-0.4, -0.2) is 75.9 Å². The molecule has 1 fully saturated rings. The average molecular weight is 667 g/mol. The Labute approximate surface area is 275 Å². The lowest BCUT2D eigenvalue weighted by molar-refractivity contribution is -0.143. The third-order valence-electron chi connectivity index (χ3n) is 8.76. The van der Waals surface area contributed by atoms with Gasteiger partial charge in [0, 0.05) is 30.4 Å². The summed E-state index contributed by atoms with van der Waals surface area (Å²) in [6, 6.07) is 14.0. The van der Waals surface area contributed by atoms with Gasteiger partial charge in [0.1, 0.15) is 12.4 Å². The van der Waals surface area contributed by atoms with Crippen LogP contribution in [0.15, 0.2) is 48.5 Å². The Morgan fingerprint density at radius 1 is 1.02 bits per heavy atom. The number of nitrogens with zero attached hydrogens (tertiary/aromatic N) is 1. The fourth-order valence-corrected chi connectivity index (χ4v) is 6.97. The second kappa shape index (κ2) is 14.2. The van der Waals surface area contributed by atoms with E-state index in [1.165, 1.54) is 7.11 Å². The number of nitrogens with one attached hydrogen (secondary N) is 1. The summed E-state index contributed by atoms with van der Waals surface area (Å²) >= 11 is 0. The summed E-state index contributed by atoms with van der Waals surface area (Å²) in [6.07, 6.45) is 2.65. The monoisotopic (exact) mass is 666 g/mol. The number of amides is 1. The molecule has 2 aliphatic heterocycles. The van der Waals surface area contributed by atoms with E-state index in [1.807, 2.05) is 11.8 Å². The van der Waals surface area contributed by atoms with Gasteiger partial charge in [-0.2, -0.15) is 0 Å². The molecule has 0 radical (unpaired) electrons. The first-order valence-electron chi connectivity index (χ1n) is 15.7. The maximum Gasteiger partial charge on any atom is 0.309 e. The lowest BCUT2D eigenvalue weighted by Crippen LogP contribution is -2.35. The Kier molecular flexibility index (Phi) is 10.3. The number of aryl methyl sites for hydroxylation is 3. The van der Waals surface area contributed by atoms with Crippen LogP contribution in [0.25, 0.3) is 0 Å². The van der Waals surface area contributed by atoms with Gasteiger partial charge in [0.2, 0.25) is 18.4 Å². The summed E-state index contributed by atoms with van der Waals surface area (Å²) in [7, 11) is -1.67. The first-order chi connectivity index (χ1) is 22.4. The smallest absolute Gasteiger partial charge is 0.309 e. The van der Waals surface area contributed by atoms with Crippen LogP contribution in [0.3, 0.4) is 0 Å². The number of benzene rings is 3. The first-order valence-corrected chi connectivity index (χ1v) is 17.8. The minimum Gasteiger partial charge on any atom is -0.493 e. The molecule has 0 aromatic heterocycles. The highest BCUT2D eigenvalue weighted by Crippen LogP contribution is 2.50. The lowest BCUT2D eigenvalue weighted by atomic mass is 9.82. The number of anilines is 1. The molecule has 11 nitrogen and oxygen atoms in total. The predicted molar refractivity (Wildman–Crippen MR) is 178 cm³/mol. The highest BCUT2D eigenvalue weighted by Gasteiger charge is 2.48. The summed E-state index contributed by atoms with van der Waals surface area (Å²) in [5, 5.41) is 13.8. The van der Waals surface area contributed by atoms with Crippen LogP contribution < -0.4 is 24.3 Å². The van der Waals surface area contributed by atoms with Crippen molar-refractivity contribution in [3.8, 4) is 23.0 Å². The molecule has 12 heteroatoms.